The summed E-state index contributed by atoms with van der Waals surface area (Å²) in [5, 5.41) is 11.5. The number of hydrogen-bond donors (Lipinski definition) is 2. The fraction of sp³-hybridized carbons (Fsp3) is 0.895. The van der Waals surface area contributed by atoms with Gasteiger partial charge in [-0.05, 0) is 56.8 Å². The Bertz CT molecular complexity index is 1180. The van der Waals surface area contributed by atoms with E-state index in [0.717, 1.165) is 89.5 Å². The van der Waals surface area contributed by atoms with Crippen molar-refractivity contribution >= 4 is 35.4 Å². The number of unbranched alkanes of at least 4 members (excludes halogenated alkanes) is 21. The lowest BCUT2D eigenvalue weighted by Crippen LogP contribution is -2.86. The van der Waals surface area contributed by atoms with Crippen molar-refractivity contribution in [1.82, 2.24) is 0 Å². The zero-order valence-electron chi connectivity index (χ0n) is 44.7. The average molecular weight is 965 g/mol. The molecule has 68 heavy (non-hydrogen) atoms. The van der Waals surface area contributed by atoms with Crippen molar-refractivity contribution in [3.8, 4) is 0 Å². The second kappa shape index (κ2) is 47.8. The fourth-order valence-corrected chi connectivity index (χ4v) is 8.88. The van der Waals surface area contributed by atoms with E-state index in [0.29, 0.717) is 26.2 Å². The molecule has 2 rings (SSSR count). The zero-order valence-corrected chi connectivity index (χ0v) is 44.7. The summed E-state index contributed by atoms with van der Waals surface area (Å²) in [5.41, 5.74) is 0. The summed E-state index contributed by atoms with van der Waals surface area (Å²) in [6.45, 7) is 13.6. The van der Waals surface area contributed by atoms with Crippen molar-refractivity contribution in [3.63, 3.8) is 0 Å². The van der Waals surface area contributed by atoms with Crippen LogP contribution in [0.3, 0.4) is 0 Å². The molecular weight excluding hydrogens is 859 g/mol. The van der Waals surface area contributed by atoms with Crippen molar-refractivity contribution in [2.24, 2.45) is 17.8 Å². The Morgan fingerprint density at radius 3 is 1.16 bits per heavy atom. The summed E-state index contributed by atoms with van der Waals surface area (Å²) in [6, 6.07) is 0.972. The molecule has 0 aromatic heterocycles. The molecule has 0 radical (unpaired) electrons. The lowest BCUT2D eigenvalue weighted by atomic mass is 9.78. The summed E-state index contributed by atoms with van der Waals surface area (Å²) >= 11 is 0. The van der Waals surface area contributed by atoms with E-state index in [1.807, 2.05) is 0 Å². The summed E-state index contributed by atoms with van der Waals surface area (Å²) in [4.78, 5) is 72.4. The predicted octanol–water partition coefficient (Wildman–Crippen LogP) is 13.5. The monoisotopic (exact) mass is 965 g/mol. The molecule has 1 saturated carbocycles. The minimum absolute atomic E-state index is 0.0187. The number of Topliss-reactive ketones (excluding diaryl/α,β-unsaturated/α-hetero) is 2. The van der Waals surface area contributed by atoms with E-state index in [-0.39, 0.29) is 79.8 Å². The van der Waals surface area contributed by atoms with Crippen LogP contribution < -0.4 is 5.32 Å². The average Bonchev–Trinajstić information content (AvgIpc) is 3.82. The number of esters is 3. The van der Waals surface area contributed by atoms with Crippen molar-refractivity contribution < 1.29 is 53.4 Å². The van der Waals surface area contributed by atoms with Gasteiger partial charge < -0.3 is 24.6 Å². The summed E-state index contributed by atoms with van der Waals surface area (Å²) < 4.78 is 16.0. The Labute approximate surface area is 416 Å². The Morgan fingerprint density at radius 2 is 0.838 bits per heavy atom. The van der Waals surface area contributed by atoms with Gasteiger partial charge in [0.25, 0.3) is 0 Å². The van der Waals surface area contributed by atoms with Crippen molar-refractivity contribution in [2.75, 3.05) is 26.4 Å². The number of carbonyl (C=O) groups excluding carboxylic acids is 5. The minimum Gasteiger partial charge on any atom is -0.481 e. The van der Waals surface area contributed by atoms with Gasteiger partial charge in [-0.15, -0.1) is 0 Å². The number of ether oxygens (including phenoxy) is 3. The number of rotatable bonds is 43. The number of carbonyl (C=O) groups is 6. The molecule has 0 aromatic carbocycles. The lowest BCUT2D eigenvalue weighted by Gasteiger charge is -2.25. The summed E-state index contributed by atoms with van der Waals surface area (Å²) in [6.07, 6.45) is 36.6. The molecule has 3 N–H and O–H groups in total. The SMILES string of the molecule is CCC1CCC[NH2+]1.CCCCCCCCCC(=O)CC(CC(=O)O)CC(=O)OCCCCCCCC.CCCCCCCCOC(=O)CC(CC(=O)OCCCCCCCC)CC(=O)C1CCC1. The molecule has 0 spiro atoms. The molecule has 2 unspecified atom stereocenters. The first-order chi connectivity index (χ1) is 33.0. The van der Waals surface area contributed by atoms with Gasteiger partial charge in [-0.3, -0.25) is 28.8 Å². The third-order valence-electron chi connectivity index (χ3n) is 13.5. The topological polar surface area (TPSA) is 167 Å². The van der Waals surface area contributed by atoms with Gasteiger partial charge in [0, 0.05) is 63.7 Å². The summed E-state index contributed by atoms with van der Waals surface area (Å²) in [7, 11) is 0. The number of carboxylic acids is 1. The van der Waals surface area contributed by atoms with Gasteiger partial charge in [-0.25, -0.2) is 0 Å². The Hall–Kier alpha value is -2.82. The number of aliphatic carboxylic acids is 1. The maximum absolute atomic E-state index is 12.5. The second-order valence-corrected chi connectivity index (χ2v) is 20.2. The highest BCUT2D eigenvalue weighted by Gasteiger charge is 2.30. The van der Waals surface area contributed by atoms with Gasteiger partial charge >= 0.3 is 23.9 Å². The van der Waals surface area contributed by atoms with Crippen LogP contribution in [0, 0.1) is 17.8 Å². The normalized spacial score (nSPS) is 14.8. The first-order valence-corrected chi connectivity index (χ1v) is 28.5. The molecule has 0 aromatic rings. The molecule has 398 valence electrons. The number of ketones is 2. The smallest absolute Gasteiger partial charge is 0.306 e. The molecule has 1 saturated heterocycles. The van der Waals surface area contributed by atoms with Gasteiger partial charge in [-0.1, -0.05) is 176 Å². The van der Waals surface area contributed by atoms with Gasteiger partial charge in [0.15, 0.2) is 0 Å². The maximum Gasteiger partial charge on any atom is 0.306 e. The molecule has 1 aliphatic carbocycles. The molecular formula is C57H106NO10+. The van der Waals surface area contributed by atoms with Gasteiger partial charge in [0.2, 0.25) is 0 Å². The number of hydrogen-bond acceptors (Lipinski definition) is 9. The quantitative estimate of drug-likeness (QED) is 0.0341. The number of quaternary nitrogens is 1. The van der Waals surface area contributed by atoms with E-state index in [4.69, 9.17) is 19.3 Å². The number of carboxylic acid groups (broad SMARTS) is 1. The van der Waals surface area contributed by atoms with Crippen LogP contribution in [-0.2, 0) is 43.0 Å². The molecule has 0 bridgehead atoms. The minimum atomic E-state index is -0.970. The van der Waals surface area contributed by atoms with Crippen molar-refractivity contribution in [2.45, 2.75) is 285 Å². The van der Waals surface area contributed by atoms with E-state index in [2.05, 4.69) is 39.9 Å². The molecule has 2 atom stereocenters. The van der Waals surface area contributed by atoms with Gasteiger partial charge in [0.1, 0.15) is 11.6 Å². The zero-order chi connectivity index (χ0) is 50.3. The first kappa shape index (κ1) is 65.2. The van der Waals surface area contributed by atoms with Crippen LogP contribution in [0.2, 0.25) is 0 Å². The number of nitrogens with two attached hydrogens (primary N) is 1. The molecule has 0 amide bonds. The van der Waals surface area contributed by atoms with Crippen LogP contribution >= 0.6 is 0 Å². The van der Waals surface area contributed by atoms with Crippen LogP contribution in [-0.4, -0.2) is 73.0 Å². The van der Waals surface area contributed by atoms with Crippen LogP contribution in [0.25, 0.3) is 0 Å². The highest BCUT2D eigenvalue weighted by atomic mass is 16.5. The van der Waals surface area contributed by atoms with Crippen LogP contribution in [0.1, 0.15) is 279 Å². The second-order valence-electron chi connectivity index (χ2n) is 20.2. The van der Waals surface area contributed by atoms with E-state index < -0.39 is 11.9 Å². The molecule has 1 aliphatic heterocycles. The molecule has 11 heteroatoms. The largest absolute Gasteiger partial charge is 0.481 e. The van der Waals surface area contributed by atoms with E-state index in [1.165, 1.54) is 122 Å². The van der Waals surface area contributed by atoms with Crippen LogP contribution in [0.4, 0.5) is 0 Å². The highest BCUT2D eigenvalue weighted by Crippen LogP contribution is 2.31. The van der Waals surface area contributed by atoms with E-state index in [1.54, 1.807) is 0 Å². The van der Waals surface area contributed by atoms with E-state index >= 15 is 0 Å². The first-order valence-electron chi connectivity index (χ1n) is 28.5. The van der Waals surface area contributed by atoms with Gasteiger partial charge in [0.05, 0.1) is 32.4 Å². The lowest BCUT2D eigenvalue weighted by molar-refractivity contribution is -0.670. The molecule has 11 nitrogen and oxygen atoms in total. The van der Waals surface area contributed by atoms with E-state index in [9.17, 15) is 28.8 Å². The summed E-state index contributed by atoms with van der Waals surface area (Å²) in [5.74, 6) is -2.34. The van der Waals surface area contributed by atoms with Crippen LogP contribution in [0.5, 0.6) is 0 Å². The van der Waals surface area contributed by atoms with Gasteiger partial charge in [-0.2, -0.15) is 0 Å². The molecule has 2 fully saturated rings. The Kier molecular flexibility index (Phi) is 45.9. The van der Waals surface area contributed by atoms with Crippen molar-refractivity contribution in [1.29, 1.82) is 0 Å². The molecule has 2 aliphatic rings. The third kappa shape index (κ3) is 42.1. The maximum atomic E-state index is 12.5. The van der Waals surface area contributed by atoms with Crippen LogP contribution in [0.15, 0.2) is 0 Å². The predicted molar refractivity (Wildman–Crippen MR) is 275 cm³/mol. The fourth-order valence-electron chi connectivity index (χ4n) is 8.88. The third-order valence-corrected chi connectivity index (χ3v) is 13.5. The van der Waals surface area contributed by atoms with Crippen molar-refractivity contribution in [3.05, 3.63) is 0 Å². The highest BCUT2D eigenvalue weighted by molar-refractivity contribution is 5.83. The Balaban J connectivity index is 0.00000115. The standard InChI is InChI=1S/C27H48O5.C24H44O5.C6H13N/c1-3-5-7-9-11-13-18-31-26(29)21-23(20-25(28)24-16-15-17-24)22-27(30)32-19-14-12-10-8-6-4-2;1-3-5-7-9-11-12-14-16-22(25)18-21(19-23(26)27)20-24(28)29-17-15-13-10-8-6-4-2;1-2-6-4-3-5-7-6/h23-24H,3-22H2,1-2H3;21H,3-20H2,1-2H3,(H,26,27);6-7H,2-5H2,1H3/p+1. The molecule has 1 heterocycles. The Morgan fingerprint density at radius 1 is 0.456 bits per heavy atom.